The molecule has 1 aromatic rings. The molecule has 0 spiro atoms. The van der Waals surface area contributed by atoms with Crippen LogP contribution in [0.5, 0.6) is 0 Å². The van der Waals surface area contributed by atoms with Crippen molar-refractivity contribution in [1.82, 2.24) is 5.32 Å². The molecule has 0 radical (unpaired) electrons. The van der Waals surface area contributed by atoms with Crippen LogP contribution < -0.4 is 10.2 Å². The van der Waals surface area contributed by atoms with Crippen molar-refractivity contribution in [3.05, 3.63) is 29.8 Å². The van der Waals surface area contributed by atoms with E-state index in [0.717, 1.165) is 38.9 Å². The number of anilines is 1. The standard InChI is InChI=1S/C17H30N2O/c1-15(2)13-18-14-16-7-9-17(10-8-16)19(3)11-5-4-6-12-20/h7-10,15,18,20H,4-6,11-14H2,1-3H3. The maximum atomic E-state index is 8.76. The molecule has 0 bridgehead atoms. The van der Waals surface area contributed by atoms with E-state index < -0.39 is 0 Å². The molecule has 20 heavy (non-hydrogen) atoms. The van der Waals surface area contributed by atoms with Gasteiger partial charge in [0.25, 0.3) is 0 Å². The van der Waals surface area contributed by atoms with Crippen LogP contribution >= 0.6 is 0 Å². The van der Waals surface area contributed by atoms with Crippen molar-refractivity contribution < 1.29 is 5.11 Å². The van der Waals surface area contributed by atoms with E-state index in [1.165, 1.54) is 11.3 Å². The van der Waals surface area contributed by atoms with Crippen LogP contribution in [0.2, 0.25) is 0 Å². The summed E-state index contributed by atoms with van der Waals surface area (Å²) in [4.78, 5) is 2.28. The normalized spacial score (nSPS) is 11.1. The minimum atomic E-state index is 0.307. The lowest BCUT2D eigenvalue weighted by atomic mass is 10.1. The molecule has 0 saturated heterocycles. The van der Waals surface area contributed by atoms with E-state index in [1.54, 1.807) is 0 Å². The van der Waals surface area contributed by atoms with Crippen molar-refractivity contribution in [3.8, 4) is 0 Å². The van der Waals surface area contributed by atoms with Crippen LogP contribution in [0.3, 0.4) is 0 Å². The first kappa shape index (κ1) is 17.0. The summed E-state index contributed by atoms with van der Waals surface area (Å²) in [5.74, 6) is 0.694. The predicted octanol–water partition coefficient (Wildman–Crippen LogP) is 3.03. The highest BCUT2D eigenvalue weighted by Gasteiger charge is 2.01. The second-order valence-electron chi connectivity index (χ2n) is 5.90. The molecule has 0 aliphatic heterocycles. The molecule has 0 aliphatic rings. The third-order valence-corrected chi connectivity index (χ3v) is 3.41. The minimum absolute atomic E-state index is 0.307. The van der Waals surface area contributed by atoms with Crippen molar-refractivity contribution in [3.63, 3.8) is 0 Å². The molecule has 0 aliphatic carbocycles. The Balaban J connectivity index is 2.33. The number of hydrogen-bond donors (Lipinski definition) is 2. The summed E-state index contributed by atoms with van der Waals surface area (Å²) in [6, 6.07) is 8.79. The summed E-state index contributed by atoms with van der Waals surface area (Å²) in [6.07, 6.45) is 3.14. The third-order valence-electron chi connectivity index (χ3n) is 3.41. The molecule has 2 N–H and O–H groups in total. The van der Waals surface area contributed by atoms with Gasteiger partial charge in [-0.3, -0.25) is 0 Å². The van der Waals surface area contributed by atoms with Crippen LogP contribution in [0.1, 0.15) is 38.7 Å². The number of nitrogens with zero attached hydrogens (tertiary/aromatic N) is 1. The smallest absolute Gasteiger partial charge is 0.0431 e. The molecule has 0 atom stereocenters. The lowest BCUT2D eigenvalue weighted by Gasteiger charge is -2.19. The second kappa shape index (κ2) is 9.78. The molecule has 1 rings (SSSR count). The highest BCUT2D eigenvalue weighted by atomic mass is 16.2. The average molecular weight is 278 g/mol. The molecule has 3 nitrogen and oxygen atoms in total. The molecule has 0 aromatic heterocycles. The molecule has 0 heterocycles. The number of hydrogen-bond acceptors (Lipinski definition) is 3. The molecule has 0 saturated carbocycles. The first-order chi connectivity index (χ1) is 9.63. The highest BCUT2D eigenvalue weighted by molar-refractivity contribution is 5.46. The maximum Gasteiger partial charge on any atom is 0.0431 e. The van der Waals surface area contributed by atoms with Gasteiger partial charge in [-0.1, -0.05) is 26.0 Å². The SMILES string of the molecule is CC(C)CNCc1ccc(N(C)CCCCCO)cc1. The topological polar surface area (TPSA) is 35.5 Å². The number of aliphatic hydroxyl groups is 1. The summed E-state index contributed by atoms with van der Waals surface area (Å²) in [7, 11) is 2.13. The third kappa shape index (κ3) is 6.92. The second-order valence-corrected chi connectivity index (χ2v) is 5.90. The summed E-state index contributed by atoms with van der Waals surface area (Å²) in [5, 5.41) is 12.2. The first-order valence-corrected chi connectivity index (χ1v) is 7.75. The maximum absolute atomic E-state index is 8.76. The fourth-order valence-corrected chi connectivity index (χ4v) is 2.14. The Kier molecular flexibility index (Phi) is 8.31. The average Bonchev–Trinajstić information content (AvgIpc) is 2.44. The Hall–Kier alpha value is -1.06. The van der Waals surface area contributed by atoms with E-state index >= 15 is 0 Å². The molecule has 1 aromatic carbocycles. The fourth-order valence-electron chi connectivity index (χ4n) is 2.14. The largest absolute Gasteiger partial charge is 0.396 e. The monoisotopic (exact) mass is 278 g/mol. The number of benzene rings is 1. The number of rotatable bonds is 10. The van der Waals surface area contributed by atoms with E-state index in [-0.39, 0.29) is 0 Å². The Morgan fingerprint density at radius 2 is 1.80 bits per heavy atom. The Labute approximate surface area is 124 Å². The zero-order valence-corrected chi connectivity index (χ0v) is 13.2. The number of aliphatic hydroxyl groups excluding tert-OH is 1. The van der Waals surface area contributed by atoms with Crippen molar-refractivity contribution in [2.45, 2.75) is 39.7 Å². The molecular formula is C17H30N2O. The zero-order chi connectivity index (χ0) is 14.8. The van der Waals surface area contributed by atoms with Gasteiger partial charge < -0.3 is 15.3 Å². The number of nitrogens with one attached hydrogen (secondary N) is 1. The summed E-state index contributed by atoms with van der Waals surface area (Å²) in [5.41, 5.74) is 2.60. The first-order valence-electron chi connectivity index (χ1n) is 7.75. The van der Waals surface area contributed by atoms with Gasteiger partial charge in [-0.2, -0.15) is 0 Å². The van der Waals surface area contributed by atoms with E-state index in [4.69, 9.17) is 5.11 Å². The molecule has 0 amide bonds. The van der Waals surface area contributed by atoms with Gasteiger partial charge in [0.15, 0.2) is 0 Å². The fraction of sp³-hybridized carbons (Fsp3) is 0.647. The minimum Gasteiger partial charge on any atom is -0.396 e. The zero-order valence-electron chi connectivity index (χ0n) is 13.2. The van der Waals surface area contributed by atoms with Gasteiger partial charge in [0.1, 0.15) is 0 Å². The van der Waals surface area contributed by atoms with Crippen LogP contribution in [-0.4, -0.2) is 31.9 Å². The Bertz CT molecular complexity index is 349. The molecule has 114 valence electrons. The summed E-state index contributed by atoms with van der Waals surface area (Å²) >= 11 is 0. The summed E-state index contributed by atoms with van der Waals surface area (Å²) in [6.45, 7) is 7.81. The van der Waals surface area contributed by atoms with Crippen molar-refractivity contribution in [2.24, 2.45) is 5.92 Å². The predicted molar refractivity (Wildman–Crippen MR) is 87.2 cm³/mol. The molecule has 3 heteroatoms. The summed E-state index contributed by atoms with van der Waals surface area (Å²) < 4.78 is 0. The van der Waals surface area contributed by atoms with E-state index in [0.29, 0.717) is 12.5 Å². The van der Waals surface area contributed by atoms with Crippen LogP contribution in [0.4, 0.5) is 5.69 Å². The van der Waals surface area contributed by atoms with E-state index in [2.05, 4.69) is 55.4 Å². The van der Waals surface area contributed by atoms with Crippen molar-refractivity contribution in [2.75, 3.05) is 31.6 Å². The van der Waals surface area contributed by atoms with Crippen LogP contribution in [0.25, 0.3) is 0 Å². The lowest BCUT2D eigenvalue weighted by Crippen LogP contribution is -2.20. The molecular weight excluding hydrogens is 248 g/mol. The quantitative estimate of drug-likeness (QED) is 0.646. The van der Waals surface area contributed by atoms with Gasteiger partial charge in [-0.05, 0) is 49.4 Å². The highest BCUT2D eigenvalue weighted by Crippen LogP contribution is 2.14. The molecule has 0 unspecified atom stereocenters. The van der Waals surface area contributed by atoms with Gasteiger partial charge >= 0.3 is 0 Å². The van der Waals surface area contributed by atoms with Gasteiger partial charge in [-0.15, -0.1) is 0 Å². The van der Waals surface area contributed by atoms with E-state index in [9.17, 15) is 0 Å². The van der Waals surface area contributed by atoms with Crippen LogP contribution in [0.15, 0.2) is 24.3 Å². The number of unbranched alkanes of at least 4 members (excludes halogenated alkanes) is 2. The van der Waals surface area contributed by atoms with Gasteiger partial charge in [0.2, 0.25) is 0 Å². The van der Waals surface area contributed by atoms with Gasteiger partial charge in [0, 0.05) is 32.4 Å². The van der Waals surface area contributed by atoms with Crippen molar-refractivity contribution in [1.29, 1.82) is 0 Å². The van der Waals surface area contributed by atoms with Gasteiger partial charge in [-0.25, -0.2) is 0 Å². The van der Waals surface area contributed by atoms with Crippen LogP contribution in [-0.2, 0) is 6.54 Å². The molecule has 0 fully saturated rings. The van der Waals surface area contributed by atoms with E-state index in [1.807, 2.05) is 0 Å². The Morgan fingerprint density at radius 3 is 2.40 bits per heavy atom. The Morgan fingerprint density at radius 1 is 1.10 bits per heavy atom. The lowest BCUT2D eigenvalue weighted by molar-refractivity contribution is 0.283. The van der Waals surface area contributed by atoms with Gasteiger partial charge in [0.05, 0.1) is 0 Å². The van der Waals surface area contributed by atoms with Crippen LogP contribution in [0, 0.1) is 5.92 Å². The van der Waals surface area contributed by atoms with Crippen molar-refractivity contribution >= 4 is 5.69 Å².